The van der Waals surface area contributed by atoms with Gasteiger partial charge in [0.05, 0.1) is 0 Å². The van der Waals surface area contributed by atoms with Gasteiger partial charge in [-0.2, -0.15) is 0 Å². The lowest BCUT2D eigenvalue weighted by Gasteiger charge is -2.05. The van der Waals surface area contributed by atoms with Crippen molar-refractivity contribution < 1.29 is 19.8 Å². The van der Waals surface area contributed by atoms with Crippen LogP contribution in [0.4, 0.5) is 0 Å². The molecule has 0 saturated carbocycles. The van der Waals surface area contributed by atoms with E-state index in [2.05, 4.69) is 0 Å². The summed E-state index contributed by atoms with van der Waals surface area (Å²) >= 11 is 1.50. The minimum absolute atomic E-state index is 0.146. The Hall–Kier alpha value is -0.850. The molecule has 0 fully saturated rings. The van der Waals surface area contributed by atoms with Crippen molar-refractivity contribution in [1.82, 2.24) is 0 Å². The highest BCUT2D eigenvalue weighted by Gasteiger charge is 2.25. The zero-order chi connectivity index (χ0) is 8.59. The number of aliphatic hydroxyl groups is 2. The Morgan fingerprint density at radius 1 is 1.27 bits per heavy atom. The second-order valence-corrected chi connectivity index (χ2v) is 2.96. The van der Waals surface area contributed by atoms with Crippen LogP contribution in [0, 0.1) is 0 Å². The fraction of sp³-hybridized carbons (Fsp3) is 0. The summed E-state index contributed by atoms with van der Waals surface area (Å²) in [7, 11) is 0. The van der Waals surface area contributed by atoms with Gasteiger partial charge in [-0.3, -0.25) is 9.59 Å². The summed E-state index contributed by atoms with van der Waals surface area (Å²) in [6.45, 7) is 0. The maximum Gasteiger partial charge on any atom is 0.237 e. The zero-order valence-electron chi connectivity index (χ0n) is 5.17. The highest BCUT2D eigenvalue weighted by atomic mass is 127. The Kier molecular flexibility index (Phi) is 1.99. The van der Waals surface area contributed by atoms with Crippen LogP contribution >= 0.6 is 22.6 Å². The van der Waals surface area contributed by atoms with Crippen LogP contribution in [0.2, 0.25) is 0 Å². The van der Waals surface area contributed by atoms with Gasteiger partial charge >= 0.3 is 0 Å². The number of halogens is 1. The SMILES string of the molecule is O=C1C=C(O)C(=O)C(I)=C1O. The second-order valence-electron chi connectivity index (χ2n) is 1.89. The van der Waals surface area contributed by atoms with E-state index in [1.165, 1.54) is 22.6 Å². The molecule has 0 saturated heterocycles. The van der Waals surface area contributed by atoms with Gasteiger partial charge in [-0.05, 0) is 22.6 Å². The van der Waals surface area contributed by atoms with Crippen molar-refractivity contribution in [2.24, 2.45) is 0 Å². The molecule has 1 aliphatic carbocycles. The molecule has 0 aliphatic heterocycles. The molecule has 0 aromatic heterocycles. The minimum atomic E-state index is -0.744. The fourth-order valence-corrected chi connectivity index (χ4v) is 1.13. The molecule has 5 heteroatoms. The van der Waals surface area contributed by atoms with E-state index in [0.29, 0.717) is 6.08 Å². The monoisotopic (exact) mass is 266 g/mol. The first-order valence-electron chi connectivity index (χ1n) is 2.62. The predicted octanol–water partition coefficient (Wildman–Crippen LogP) is 0.785. The molecule has 0 unspecified atom stereocenters. The summed E-state index contributed by atoms with van der Waals surface area (Å²) in [5, 5.41) is 17.7. The lowest BCUT2D eigenvalue weighted by atomic mass is 10.1. The topological polar surface area (TPSA) is 74.6 Å². The van der Waals surface area contributed by atoms with E-state index in [1.54, 1.807) is 0 Å². The van der Waals surface area contributed by atoms with Gasteiger partial charge < -0.3 is 10.2 Å². The van der Waals surface area contributed by atoms with Gasteiger partial charge in [0.25, 0.3) is 0 Å². The van der Waals surface area contributed by atoms with Gasteiger partial charge in [-0.15, -0.1) is 0 Å². The fourth-order valence-electron chi connectivity index (χ4n) is 0.586. The van der Waals surface area contributed by atoms with Crippen molar-refractivity contribution in [2.75, 3.05) is 0 Å². The molecule has 2 N–H and O–H groups in total. The van der Waals surface area contributed by atoms with Crippen LogP contribution in [-0.2, 0) is 9.59 Å². The smallest absolute Gasteiger partial charge is 0.237 e. The highest BCUT2D eigenvalue weighted by Crippen LogP contribution is 2.21. The molecule has 58 valence electrons. The number of aliphatic hydroxyl groups excluding tert-OH is 2. The first kappa shape index (κ1) is 8.25. The number of allylic oxidation sites excluding steroid dienone is 2. The van der Waals surface area contributed by atoms with Crippen LogP contribution in [0.3, 0.4) is 0 Å². The Labute approximate surface area is 75.4 Å². The largest absolute Gasteiger partial charge is 0.504 e. The molecule has 0 heterocycles. The lowest BCUT2D eigenvalue weighted by Crippen LogP contribution is -2.15. The molecule has 1 rings (SSSR count). The third kappa shape index (κ3) is 1.28. The van der Waals surface area contributed by atoms with Crippen molar-refractivity contribution >= 4 is 34.2 Å². The molecule has 0 radical (unpaired) electrons. The first-order valence-corrected chi connectivity index (χ1v) is 3.70. The van der Waals surface area contributed by atoms with E-state index in [-0.39, 0.29) is 3.58 Å². The van der Waals surface area contributed by atoms with Crippen molar-refractivity contribution in [1.29, 1.82) is 0 Å². The number of ketones is 2. The predicted molar refractivity (Wildman–Crippen MR) is 44.4 cm³/mol. The summed E-state index contributed by atoms with van der Waals surface area (Å²) in [4.78, 5) is 21.4. The third-order valence-electron chi connectivity index (χ3n) is 1.14. The van der Waals surface area contributed by atoms with Crippen molar-refractivity contribution in [2.45, 2.75) is 0 Å². The average molecular weight is 266 g/mol. The number of Topliss-reactive ketones (excluding diaryl/α,β-unsaturated/α-hetero) is 1. The molecular weight excluding hydrogens is 263 g/mol. The summed E-state index contributed by atoms with van der Waals surface area (Å²) in [6.07, 6.45) is 0.694. The van der Waals surface area contributed by atoms with Crippen molar-refractivity contribution in [3.8, 4) is 0 Å². The van der Waals surface area contributed by atoms with Gasteiger partial charge in [0.1, 0.15) is 3.58 Å². The van der Waals surface area contributed by atoms with Crippen LogP contribution in [-0.4, -0.2) is 21.8 Å². The van der Waals surface area contributed by atoms with Crippen molar-refractivity contribution in [3.05, 3.63) is 21.2 Å². The quantitative estimate of drug-likeness (QED) is 0.502. The van der Waals surface area contributed by atoms with Gasteiger partial charge in [0.15, 0.2) is 11.5 Å². The standard InChI is InChI=1S/C6H3IO4/c7-4-5(10)2(8)1-3(9)6(4)11/h1,8,11H. The second kappa shape index (κ2) is 2.65. The molecule has 1 aliphatic rings. The van der Waals surface area contributed by atoms with Crippen LogP contribution in [0.15, 0.2) is 21.2 Å². The molecule has 0 spiro atoms. The van der Waals surface area contributed by atoms with Gasteiger partial charge in [-0.1, -0.05) is 0 Å². The normalized spacial score (nSPS) is 18.8. The number of hydrogen-bond acceptors (Lipinski definition) is 4. The maximum absolute atomic E-state index is 10.8. The Morgan fingerprint density at radius 2 is 1.82 bits per heavy atom. The molecule has 0 aromatic rings. The summed E-state index contributed by atoms with van der Waals surface area (Å²) in [5.41, 5.74) is 0. The summed E-state index contributed by atoms with van der Waals surface area (Å²) in [5.74, 6) is -2.69. The average Bonchev–Trinajstić information content (AvgIpc) is 1.97. The third-order valence-corrected chi connectivity index (χ3v) is 2.14. The van der Waals surface area contributed by atoms with Crippen molar-refractivity contribution in [3.63, 3.8) is 0 Å². The number of carbonyl (C=O) groups excluding carboxylic acids is 2. The van der Waals surface area contributed by atoms with E-state index in [0.717, 1.165) is 0 Å². The van der Waals surface area contributed by atoms with Crippen LogP contribution < -0.4 is 0 Å². The van der Waals surface area contributed by atoms with E-state index >= 15 is 0 Å². The molecule has 0 amide bonds. The zero-order valence-corrected chi connectivity index (χ0v) is 7.32. The summed E-state index contributed by atoms with van der Waals surface area (Å²) < 4.78 is -0.146. The minimum Gasteiger partial charge on any atom is -0.504 e. The highest BCUT2D eigenvalue weighted by molar-refractivity contribution is 14.1. The van der Waals surface area contributed by atoms with Crippen LogP contribution in [0.5, 0.6) is 0 Å². The molecule has 11 heavy (non-hydrogen) atoms. The van der Waals surface area contributed by atoms with E-state index in [1.807, 2.05) is 0 Å². The molecule has 0 atom stereocenters. The Balaban J connectivity index is 3.19. The number of rotatable bonds is 0. The Bertz CT molecular complexity index is 300. The lowest BCUT2D eigenvalue weighted by molar-refractivity contribution is -0.118. The first-order chi connectivity index (χ1) is 5.04. The Morgan fingerprint density at radius 3 is 2.36 bits per heavy atom. The van der Waals surface area contributed by atoms with Gasteiger partial charge in [0, 0.05) is 6.08 Å². The molecule has 0 bridgehead atoms. The van der Waals surface area contributed by atoms with Crippen LogP contribution in [0.1, 0.15) is 0 Å². The van der Waals surface area contributed by atoms with E-state index in [9.17, 15) is 9.59 Å². The van der Waals surface area contributed by atoms with Gasteiger partial charge in [0.2, 0.25) is 11.6 Å². The maximum atomic E-state index is 10.8. The molecular formula is C6H3IO4. The van der Waals surface area contributed by atoms with Gasteiger partial charge in [-0.25, -0.2) is 0 Å². The summed E-state index contributed by atoms with van der Waals surface area (Å²) in [6, 6.07) is 0. The van der Waals surface area contributed by atoms with E-state index < -0.39 is 23.1 Å². The van der Waals surface area contributed by atoms with Crippen LogP contribution in [0.25, 0.3) is 0 Å². The number of hydrogen-bond donors (Lipinski definition) is 2. The molecule has 0 aromatic carbocycles. The number of carbonyl (C=O) groups is 2. The van der Waals surface area contributed by atoms with E-state index in [4.69, 9.17) is 10.2 Å². The molecule has 4 nitrogen and oxygen atoms in total.